The molecule has 1 fully saturated rings. The molecule has 0 saturated carbocycles. The molecule has 1 saturated heterocycles. The van der Waals surface area contributed by atoms with Gasteiger partial charge in [-0.1, -0.05) is 0 Å². The summed E-state index contributed by atoms with van der Waals surface area (Å²) in [5.74, 6) is -1.96. The van der Waals surface area contributed by atoms with Gasteiger partial charge in [0, 0.05) is 32.2 Å². The van der Waals surface area contributed by atoms with Crippen molar-refractivity contribution < 1.29 is 13.6 Å². The summed E-state index contributed by atoms with van der Waals surface area (Å²) in [5.41, 5.74) is 5.55. The number of hydrogen-bond acceptors (Lipinski definition) is 3. The van der Waals surface area contributed by atoms with Crippen LogP contribution in [0.25, 0.3) is 0 Å². The summed E-state index contributed by atoms with van der Waals surface area (Å²) in [6, 6.07) is 2.85. The van der Waals surface area contributed by atoms with Gasteiger partial charge < -0.3 is 15.5 Å². The maximum Gasteiger partial charge on any atom is 0.257 e. The maximum absolute atomic E-state index is 13.6. The van der Waals surface area contributed by atoms with Crippen LogP contribution in [0.1, 0.15) is 10.4 Å². The van der Waals surface area contributed by atoms with Crippen LogP contribution in [0, 0.1) is 11.6 Å². The van der Waals surface area contributed by atoms with E-state index in [0.29, 0.717) is 26.2 Å². The molecular weight excluding hydrogens is 252 g/mol. The predicted molar refractivity (Wildman–Crippen MR) is 67.7 cm³/mol. The third kappa shape index (κ3) is 2.90. The molecule has 0 bridgehead atoms. The smallest absolute Gasteiger partial charge is 0.257 e. The fraction of sp³-hybridized carbons (Fsp3) is 0.462. The highest BCUT2D eigenvalue weighted by atomic mass is 19.1. The molecule has 104 valence electrons. The van der Waals surface area contributed by atoms with Crippen LogP contribution < -0.4 is 5.73 Å². The van der Waals surface area contributed by atoms with Crippen LogP contribution in [0.3, 0.4) is 0 Å². The highest BCUT2D eigenvalue weighted by Gasteiger charge is 2.29. The number of piperazine rings is 1. The van der Waals surface area contributed by atoms with Gasteiger partial charge in [0.05, 0.1) is 11.6 Å². The van der Waals surface area contributed by atoms with Crippen molar-refractivity contribution in [3.8, 4) is 0 Å². The Morgan fingerprint density at radius 3 is 2.79 bits per heavy atom. The van der Waals surface area contributed by atoms with Gasteiger partial charge in [-0.2, -0.15) is 0 Å². The zero-order valence-electron chi connectivity index (χ0n) is 10.8. The predicted octanol–water partition coefficient (Wildman–Crippen LogP) is 0.680. The van der Waals surface area contributed by atoms with Crippen LogP contribution in [0.5, 0.6) is 0 Å². The lowest BCUT2D eigenvalue weighted by Crippen LogP contribution is -2.56. The molecule has 1 amide bonds. The largest absolute Gasteiger partial charge is 0.332 e. The zero-order valence-corrected chi connectivity index (χ0v) is 10.8. The van der Waals surface area contributed by atoms with Gasteiger partial charge >= 0.3 is 0 Å². The number of carbonyl (C=O) groups excluding carboxylic acids is 1. The molecule has 1 heterocycles. The molecule has 1 aromatic rings. The van der Waals surface area contributed by atoms with Crippen molar-refractivity contribution in [3.05, 3.63) is 35.4 Å². The Bertz CT molecular complexity index is 481. The molecule has 2 N–H and O–H groups in total. The van der Waals surface area contributed by atoms with E-state index < -0.39 is 17.5 Å². The first kappa shape index (κ1) is 13.9. The summed E-state index contributed by atoms with van der Waals surface area (Å²) in [4.78, 5) is 15.9. The van der Waals surface area contributed by atoms with Crippen LogP contribution in [0.15, 0.2) is 18.2 Å². The normalized spacial score (nSPS) is 20.6. The number of amides is 1. The maximum atomic E-state index is 13.6. The molecule has 0 spiro atoms. The Hall–Kier alpha value is -1.53. The zero-order chi connectivity index (χ0) is 14.0. The Kier molecular flexibility index (Phi) is 4.11. The monoisotopic (exact) mass is 269 g/mol. The minimum absolute atomic E-state index is 0.107. The molecule has 6 heteroatoms. The standard InChI is InChI=1S/C13H17F2N3O/c1-17-4-5-18(10(7-16)8-17)13(19)11-3-2-9(14)6-12(11)15/h2-3,6,10H,4-5,7-8,16H2,1H3. The molecule has 19 heavy (non-hydrogen) atoms. The fourth-order valence-corrected chi connectivity index (χ4v) is 2.30. The van der Waals surface area contributed by atoms with E-state index in [1.165, 1.54) is 6.07 Å². The van der Waals surface area contributed by atoms with Crippen LogP contribution in [-0.4, -0.2) is 55.0 Å². The van der Waals surface area contributed by atoms with Gasteiger partial charge in [-0.05, 0) is 19.2 Å². The van der Waals surface area contributed by atoms with E-state index in [1.54, 1.807) is 4.90 Å². The summed E-state index contributed by atoms with van der Waals surface area (Å²) in [5, 5.41) is 0. The number of nitrogens with zero attached hydrogens (tertiary/aromatic N) is 2. The van der Waals surface area contributed by atoms with Crippen molar-refractivity contribution in [2.45, 2.75) is 6.04 Å². The summed E-state index contributed by atoms with van der Waals surface area (Å²) in [6.07, 6.45) is 0. The first-order valence-electron chi connectivity index (χ1n) is 6.17. The molecule has 2 rings (SSSR count). The van der Waals surface area contributed by atoms with Gasteiger partial charge in [0.15, 0.2) is 0 Å². The number of halogens is 2. The number of rotatable bonds is 2. The van der Waals surface area contributed by atoms with Crippen LogP contribution in [0.2, 0.25) is 0 Å². The van der Waals surface area contributed by atoms with Gasteiger partial charge in [0.1, 0.15) is 11.6 Å². The van der Waals surface area contributed by atoms with Crippen LogP contribution >= 0.6 is 0 Å². The van der Waals surface area contributed by atoms with E-state index >= 15 is 0 Å². The van der Waals surface area contributed by atoms with Gasteiger partial charge in [-0.25, -0.2) is 8.78 Å². The summed E-state index contributed by atoms with van der Waals surface area (Å²) in [7, 11) is 1.95. The first-order chi connectivity index (χ1) is 9.02. The highest BCUT2D eigenvalue weighted by molar-refractivity contribution is 5.94. The summed E-state index contributed by atoms with van der Waals surface area (Å²) < 4.78 is 26.5. The number of likely N-dealkylation sites (N-methyl/N-ethyl adjacent to an activating group) is 1. The lowest BCUT2D eigenvalue weighted by molar-refractivity contribution is 0.0511. The fourth-order valence-electron chi connectivity index (χ4n) is 2.30. The summed E-state index contributed by atoms with van der Waals surface area (Å²) in [6.45, 7) is 2.18. The van der Waals surface area contributed by atoms with Crippen molar-refractivity contribution in [2.24, 2.45) is 5.73 Å². The van der Waals surface area contributed by atoms with Crippen molar-refractivity contribution >= 4 is 5.91 Å². The van der Waals surface area contributed by atoms with Crippen molar-refractivity contribution in [1.29, 1.82) is 0 Å². The second-order valence-electron chi connectivity index (χ2n) is 4.77. The van der Waals surface area contributed by atoms with Crippen LogP contribution in [-0.2, 0) is 0 Å². The van der Waals surface area contributed by atoms with Crippen molar-refractivity contribution in [3.63, 3.8) is 0 Å². The second-order valence-corrected chi connectivity index (χ2v) is 4.77. The van der Waals surface area contributed by atoms with Gasteiger partial charge in [0.25, 0.3) is 5.91 Å². The molecule has 1 unspecified atom stereocenters. The number of nitrogens with two attached hydrogens (primary N) is 1. The second kappa shape index (κ2) is 5.63. The van der Waals surface area contributed by atoms with Crippen LogP contribution in [0.4, 0.5) is 8.78 Å². The highest BCUT2D eigenvalue weighted by Crippen LogP contribution is 2.16. The third-order valence-electron chi connectivity index (χ3n) is 3.38. The first-order valence-corrected chi connectivity index (χ1v) is 6.17. The quantitative estimate of drug-likeness (QED) is 0.859. The minimum atomic E-state index is -0.834. The Morgan fingerprint density at radius 2 is 2.16 bits per heavy atom. The molecule has 1 aliphatic rings. The van der Waals surface area contributed by atoms with Crippen molar-refractivity contribution in [1.82, 2.24) is 9.80 Å². The summed E-state index contributed by atoms with van der Waals surface area (Å²) >= 11 is 0. The molecule has 0 radical (unpaired) electrons. The molecule has 0 aromatic heterocycles. The molecule has 1 aliphatic heterocycles. The van der Waals surface area contributed by atoms with E-state index in [9.17, 15) is 13.6 Å². The van der Waals surface area contributed by atoms with E-state index in [4.69, 9.17) is 5.73 Å². The topological polar surface area (TPSA) is 49.6 Å². The molecule has 1 atom stereocenters. The molecular formula is C13H17F2N3O. The number of carbonyl (C=O) groups is 1. The number of benzene rings is 1. The Balaban J connectivity index is 2.22. The lowest BCUT2D eigenvalue weighted by atomic mass is 10.1. The van der Waals surface area contributed by atoms with E-state index in [0.717, 1.165) is 12.1 Å². The van der Waals surface area contributed by atoms with Gasteiger partial charge in [-0.3, -0.25) is 4.79 Å². The number of hydrogen-bond donors (Lipinski definition) is 1. The average molecular weight is 269 g/mol. The Labute approximate surface area is 110 Å². The third-order valence-corrected chi connectivity index (χ3v) is 3.38. The van der Waals surface area contributed by atoms with E-state index in [1.807, 2.05) is 7.05 Å². The van der Waals surface area contributed by atoms with Gasteiger partial charge in [0.2, 0.25) is 0 Å². The average Bonchev–Trinajstić information content (AvgIpc) is 2.37. The SMILES string of the molecule is CN1CCN(C(=O)c2ccc(F)cc2F)C(CN)C1. The minimum Gasteiger partial charge on any atom is -0.332 e. The van der Waals surface area contributed by atoms with Gasteiger partial charge in [-0.15, -0.1) is 0 Å². The van der Waals surface area contributed by atoms with Crippen molar-refractivity contribution in [2.75, 3.05) is 33.2 Å². The lowest BCUT2D eigenvalue weighted by Gasteiger charge is -2.39. The van der Waals surface area contributed by atoms with E-state index in [2.05, 4.69) is 4.90 Å². The Morgan fingerprint density at radius 1 is 1.42 bits per heavy atom. The molecule has 4 nitrogen and oxygen atoms in total. The molecule has 0 aliphatic carbocycles. The van der Waals surface area contributed by atoms with E-state index in [-0.39, 0.29) is 11.6 Å². The molecule has 1 aromatic carbocycles.